The first-order chi connectivity index (χ1) is 9.11. The molecule has 0 saturated carbocycles. The Hall–Kier alpha value is -1.55. The van der Waals surface area contributed by atoms with E-state index in [1.165, 1.54) is 5.56 Å². The summed E-state index contributed by atoms with van der Waals surface area (Å²) in [5.41, 5.74) is 7.64. The monoisotopic (exact) mass is 262 g/mol. The van der Waals surface area contributed by atoms with Crippen molar-refractivity contribution < 1.29 is 9.53 Å². The summed E-state index contributed by atoms with van der Waals surface area (Å²) in [5, 5.41) is 0. The molecule has 1 heterocycles. The molecule has 0 saturated heterocycles. The number of amides is 1. The molecule has 1 aromatic carbocycles. The second kappa shape index (κ2) is 6.06. The van der Waals surface area contributed by atoms with Gasteiger partial charge in [-0.2, -0.15) is 0 Å². The lowest BCUT2D eigenvalue weighted by Crippen LogP contribution is -2.41. The number of aryl methyl sites for hydroxylation is 1. The van der Waals surface area contributed by atoms with Crippen molar-refractivity contribution in [3.63, 3.8) is 0 Å². The fourth-order valence-corrected chi connectivity index (χ4v) is 2.41. The summed E-state index contributed by atoms with van der Waals surface area (Å²) in [6, 6.07) is 6.11. The number of unbranched alkanes of at least 4 members (excludes halogenated alkanes) is 1. The van der Waals surface area contributed by atoms with Gasteiger partial charge in [-0.05, 0) is 50.4 Å². The summed E-state index contributed by atoms with van der Waals surface area (Å²) in [4.78, 5) is 13.5. The molecule has 0 radical (unpaired) electrons. The van der Waals surface area contributed by atoms with Gasteiger partial charge in [-0.15, -0.1) is 0 Å². The van der Waals surface area contributed by atoms with Gasteiger partial charge in [0.25, 0.3) is 0 Å². The molecule has 2 N–H and O–H groups in total. The molecule has 1 aliphatic rings. The summed E-state index contributed by atoms with van der Waals surface area (Å²) in [5.74, 6) is 0.868. The van der Waals surface area contributed by atoms with Gasteiger partial charge in [-0.3, -0.25) is 4.79 Å². The van der Waals surface area contributed by atoms with Crippen LogP contribution in [0.1, 0.15) is 32.3 Å². The largest absolute Gasteiger partial charge is 0.487 e. The lowest BCUT2D eigenvalue weighted by atomic mass is 10.1. The van der Waals surface area contributed by atoms with E-state index in [4.69, 9.17) is 10.5 Å². The number of hydrogen-bond acceptors (Lipinski definition) is 3. The van der Waals surface area contributed by atoms with Crippen molar-refractivity contribution >= 4 is 11.6 Å². The Balaban J connectivity index is 2.21. The Bertz CT molecular complexity index is 459. The summed E-state index contributed by atoms with van der Waals surface area (Å²) >= 11 is 0. The SMILES string of the molecule is CC(=O)N1CC(C)Oc2ccc(CCCCN)cc21. The van der Waals surface area contributed by atoms with Crippen molar-refractivity contribution in [2.45, 2.75) is 39.2 Å². The Morgan fingerprint density at radius 2 is 2.26 bits per heavy atom. The number of fused-ring (bicyclic) bond motifs is 1. The maximum atomic E-state index is 11.7. The van der Waals surface area contributed by atoms with E-state index in [0.29, 0.717) is 6.54 Å². The minimum atomic E-state index is 0.0412. The molecule has 0 bridgehead atoms. The molecule has 4 nitrogen and oxygen atoms in total. The molecule has 1 amide bonds. The fourth-order valence-electron chi connectivity index (χ4n) is 2.41. The van der Waals surface area contributed by atoms with Crippen LogP contribution in [0.15, 0.2) is 18.2 Å². The molecule has 0 fully saturated rings. The van der Waals surface area contributed by atoms with Crippen LogP contribution >= 0.6 is 0 Å². The van der Waals surface area contributed by atoms with E-state index in [1.54, 1.807) is 11.8 Å². The van der Waals surface area contributed by atoms with E-state index in [0.717, 1.165) is 37.2 Å². The molecule has 1 unspecified atom stereocenters. The van der Waals surface area contributed by atoms with Crippen molar-refractivity contribution in [3.8, 4) is 5.75 Å². The standard InChI is InChI=1S/C15H22N2O2/c1-11-10-17(12(2)18)14-9-13(5-3-4-8-16)6-7-15(14)19-11/h6-7,9,11H,3-5,8,10,16H2,1-2H3. The quantitative estimate of drug-likeness (QED) is 0.845. The van der Waals surface area contributed by atoms with Crippen LogP contribution in [0.25, 0.3) is 0 Å². The van der Waals surface area contributed by atoms with Crippen LogP contribution in [0.4, 0.5) is 5.69 Å². The van der Waals surface area contributed by atoms with Gasteiger partial charge in [0.05, 0.1) is 12.2 Å². The number of nitrogens with two attached hydrogens (primary N) is 1. The molecule has 1 aliphatic heterocycles. The number of benzene rings is 1. The molecule has 19 heavy (non-hydrogen) atoms. The van der Waals surface area contributed by atoms with Crippen LogP contribution < -0.4 is 15.4 Å². The van der Waals surface area contributed by atoms with E-state index >= 15 is 0 Å². The summed E-state index contributed by atoms with van der Waals surface area (Å²) in [6.07, 6.45) is 3.14. The van der Waals surface area contributed by atoms with E-state index in [1.807, 2.05) is 13.0 Å². The van der Waals surface area contributed by atoms with Gasteiger partial charge in [0.15, 0.2) is 0 Å². The van der Waals surface area contributed by atoms with Gasteiger partial charge in [0, 0.05) is 6.92 Å². The maximum absolute atomic E-state index is 11.7. The van der Waals surface area contributed by atoms with Gasteiger partial charge in [0.1, 0.15) is 11.9 Å². The van der Waals surface area contributed by atoms with Gasteiger partial charge >= 0.3 is 0 Å². The molecule has 0 aliphatic carbocycles. The van der Waals surface area contributed by atoms with Crippen molar-refractivity contribution in [3.05, 3.63) is 23.8 Å². The molecule has 4 heteroatoms. The zero-order valence-electron chi connectivity index (χ0n) is 11.7. The highest BCUT2D eigenvalue weighted by atomic mass is 16.5. The molecule has 1 aromatic rings. The highest BCUT2D eigenvalue weighted by Crippen LogP contribution is 2.34. The fraction of sp³-hybridized carbons (Fsp3) is 0.533. The highest BCUT2D eigenvalue weighted by molar-refractivity contribution is 5.93. The first-order valence-electron chi connectivity index (χ1n) is 6.89. The number of ether oxygens (including phenoxy) is 1. The van der Waals surface area contributed by atoms with Crippen molar-refractivity contribution in [1.29, 1.82) is 0 Å². The van der Waals surface area contributed by atoms with Crippen LogP contribution in [-0.2, 0) is 11.2 Å². The topological polar surface area (TPSA) is 55.6 Å². The second-order valence-corrected chi connectivity index (χ2v) is 5.11. The number of hydrogen-bond donors (Lipinski definition) is 1. The van der Waals surface area contributed by atoms with E-state index in [2.05, 4.69) is 12.1 Å². The lowest BCUT2D eigenvalue weighted by Gasteiger charge is -2.33. The third-order valence-corrected chi connectivity index (χ3v) is 3.38. The first-order valence-corrected chi connectivity index (χ1v) is 6.89. The van der Waals surface area contributed by atoms with Crippen LogP contribution in [0.5, 0.6) is 5.75 Å². The summed E-state index contributed by atoms with van der Waals surface area (Å²) in [6.45, 7) is 4.93. The van der Waals surface area contributed by atoms with Crippen LogP contribution in [0.3, 0.4) is 0 Å². The van der Waals surface area contributed by atoms with Gasteiger partial charge in [-0.25, -0.2) is 0 Å². The molecule has 104 valence electrons. The van der Waals surface area contributed by atoms with E-state index < -0.39 is 0 Å². The number of rotatable bonds is 4. The minimum absolute atomic E-state index is 0.0412. The normalized spacial score (nSPS) is 17.8. The highest BCUT2D eigenvalue weighted by Gasteiger charge is 2.25. The number of anilines is 1. The molecular weight excluding hydrogens is 240 g/mol. The van der Waals surface area contributed by atoms with Crippen LogP contribution in [0.2, 0.25) is 0 Å². The predicted molar refractivity (Wildman–Crippen MR) is 76.6 cm³/mol. The van der Waals surface area contributed by atoms with Crippen LogP contribution in [0, 0.1) is 0 Å². The Kier molecular flexibility index (Phi) is 4.43. The Morgan fingerprint density at radius 1 is 1.47 bits per heavy atom. The van der Waals surface area contributed by atoms with Gasteiger partial charge in [0.2, 0.25) is 5.91 Å². The lowest BCUT2D eigenvalue weighted by molar-refractivity contribution is -0.117. The van der Waals surface area contributed by atoms with E-state index in [-0.39, 0.29) is 12.0 Å². The zero-order chi connectivity index (χ0) is 13.8. The maximum Gasteiger partial charge on any atom is 0.224 e. The molecule has 1 atom stereocenters. The second-order valence-electron chi connectivity index (χ2n) is 5.11. The first kappa shape index (κ1) is 13.9. The van der Waals surface area contributed by atoms with Gasteiger partial charge in [-0.1, -0.05) is 6.07 Å². The van der Waals surface area contributed by atoms with Crippen molar-refractivity contribution in [2.75, 3.05) is 18.0 Å². The number of carbonyl (C=O) groups is 1. The Labute approximate surface area is 114 Å². The Morgan fingerprint density at radius 3 is 2.95 bits per heavy atom. The van der Waals surface area contributed by atoms with Crippen molar-refractivity contribution in [1.82, 2.24) is 0 Å². The summed E-state index contributed by atoms with van der Waals surface area (Å²) < 4.78 is 5.78. The molecular formula is C15H22N2O2. The van der Waals surface area contributed by atoms with Crippen molar-refractivity contribution in [2.24, 2.45) is 5.73 Å². The molecule has 2 rings (SSSR count). The third-order valence-electron chi connectivity index (χ3n) is 3.38. The third kappa shape index (κ3) is 3.26. The predicted octanol–water partition coefficient (Wildman–Crippen LogP) is 2.10. The average Bonchev–Trinajstić information content (AvgIpc) is 2.38. The molecule has 0 spiro atoms. The minimum Gasteiger partial charge on any atom is -0.487 e. The summed E-state index contributed by atoms with van der Waals surface area (Å²) in [7, 11) is 0. The van der Waals surface area contributed by atoms with E-state index in [9.17, 15) is 4.79 Å². The van der Waals surface area contributed by atoms with Crippen LogP contribution in [-0.4, -0.2) is 25.1 Å². The zero-order valence-corrected chi connectivity index (χ0v) is 11.7. The number of carbonyl (C=O) groups excluding carboxylic acids is 1. The van der Waals surface area contributed by atoms with Gasteiger partial charge < -0.3 is 15.4 Å². The molecule has 0 aromatic heterocycles. The number of nitrogens with zero attached hydrogens (tertiary/aromatic N) is 1. The smallest absolute Gasteiger partial charge is 0.224 e. The average molecular weight is 262 g/mol.